The van der Waals surface area contributed by atoms with Crippen LogP contribution >= 0.6 is 0 Å². The number of hydrogen-bond donors (Lipinski definition) is 1. The van der Waals surface area contributed by atoms with Crippen molar-refractivity contribution < 1.29 is 0 Å². The standard InChI is InChI=1S/C17H27N3/c1-19(13-15-7-3-2-4-8-15)17(14-18)10-12-20-11-6-5-9-16(17)20/h2-4,7-8,16H,5-6,9-14,18H2,1H3. The Morgan fingerprint density at radius 1 is 1.25 bits per heavy atom. The predicted molar refractivity (Wildman–Crippen MR) is 83.5 cm³/mol. The first kappa shape index (κ1) is 14.1. The molecule has 2 heterocycles. The van der Waals surface area contributed by atoms with Crippen LogP contribution in [0.25, 0.3) is 0 Å². The number of piperidine rings is 1. The highest BCUT2D eigenvalue weighted by atomic mass is 15.3. The molecule has 3 heteroatoms. The molecule has 3 nitrogen and oxygen atoms in total. The van der Waals surface area contributed by atoms with Crippen LogP contribution in [-0.2, 0) is 6.54 Å². The molecule has 0 aliphatic carbocycles. The van der Waals surface area contributed by atoms with Crippen molar-refractivity contribution in [2.24, 2.45) is 5.73 Å². The fraction of sp³-hybridized carbons (Fsp3) is 0.647. The highest BCUT2D eigenvalue weighted by Gasteiger charge is 2.49. The van der Waals surface area contributed by atoms with Gasteiger partial charge < -0.3 is 5.73 Å². The van der Waals surface area contributed by atoms with Gasteiger partial charge in [-0.3, -0.25) is 9.80 Å². The normalized spacial score (nSPS) is 30.6. The lowest BCUT2D eigenvalue weighted by atomic mass is 9.84. The Balaban J connectivity index is 1.78. The van der Waals surface area contributed by atoms with E-state index in [1.807, 2.05) is 0 Å². The van der Waals surface area contributed by atoms with Gasteiger partial charge in [0, 0.05) is 31.2 Å². The molecule has 0 aromatic heterocycles. The predicted octanol–water partition coefficient (Wildman–Crippen LogP) is 2.07. The zero-order chi connectivity index (χ0) is 14.0. The summed E-state index contributed by atoms with van der Waals surface area (Å²) in [6.45, 7) is 4.27. The first-order valence-corrected chi connectivity index (χ1v) is 7.95. The number of nitrogens with zero attached hydrogens (tertiary/aromatic N) is 2. The number of fused-ring (bicyclic) bond motifs is 1. The minimum absolute atomic E-state index is 0.177. The van der Waals surface area contributed by atoms with Gasteiger partial charge in [-0.1, -0.05) is 36.8 Å². The third-order valence-corrected chi connectivity index (χ3v) is 5.44. The van der Waals surface area contributed by atoms with Gasteiger partial charge in [0.05, 0.1) is 0 Å². The van der Waals surface area contributed by atoms with E-state index in [-0.39, 0.29) is 5.54 Å². The lowest BCUT2D eigenvalue weighted by Gasteiger charge is -2.46. The Hall–Kier alpha value is -0.900. The zero-order valence-electron chi connectivity index (χ0n) is 12.6. The number of nitrogens with two attached hydrogens (primary N) is 1. The Bertz CT molecular complexity index is 433. The van der Waals surface area contributed by atoms with Gasteiger partial charge in [0.25, 0.3) is 0 Å². The molecule has 20 heavy (non-hydrogen) atoms. The van der Waals surface area contributed by atoms with Gasteiger partial charge in [-0.2, -0.15) is 0 Å². The molecule has 2 aliphatic rings. The SMILES string of the molecule is CN(Cc1ccccc1)C1(CN)CCN2CCCCC21. The molecule has 2 atom stereocenters. The van der Waals surface area contributed by atoms with Crippen LogP contribution in [0.4, 0.5) is 0 Å². The fourth-order valence-electron chi connectivity index (χ4n) is 4.22. The first-order chi connectivity index (χ1) is 9.76. The summed E-state index contributed by atoms with van der Waals surface area (Å²) in [6.07, 6.45) is 5.26. The molecule has 0 radical (unpaired) electrons. The molecule has 2 saturated heterocycles. The topological polar surface area (TPSA) is 32.5 Å². The summed E-state index contributed by atoms with van der Waals surface area (Å²) in [4.78, 5) is 5.20. The van der Waals surface area contributed by atoms with Gasteiger partial charge in [0.1, 0.15) is 0 Å². The van der Waals surface area contributed by atoms with Gasteiger partial charge in [0.2, 0.25) is 0 Å². The molecule has 2 fully saturated rings. The van der Waals surface area contributed by atoms with Crippen molar-refractivity contribution in [2.75, 3.05) is 26.7 Å². The van der Waals surface area contributed by atoms with E-state index in [1.165, 1.54) is 44.3 Å². The molecular formula is C17H27N3. The van der Waals surface area contributed by atoms with Gasteiger partial charge in [-0.15, -0.1) is 0 Å². The maximum absolute atomic E-state index is 6.26. The van der Waals surface area contributed by atoms with Crippen molar-refractivity contribution in [3.05, 3.63) is 35.9 Å². The summed E-state index contributed by atoms with van der Waals surface area (Å²) in [5, 5.41) is 0. The number of likely N-dealkylation sites (N-methyl/N-ethyl adjacent to an activating group) is 1. The molecule has 2 unspecified atom stereocenters. The second-order valence-electron chi connectivity index (χ2n) is 6.45. The van der Waals surface area contributed by atoms with Gasteiger partial charge in [-0.25, -0.2) is 0 Å². The van der Waals surface area contributed by atoms with Crippen LogP contribution in [0.5, 0.6) is 0 Å². The molecule has 2 N–H and O–H groups in total. The Kier molecular flexibility index (Phi) is 4.11. The minimum atomic E-state index is 0.177. The Morgan fingerprint density at radius 2 is 2.05 bits per heavy atom. The summed E-state index contributed by atoms with van der Waals surface area (Å²) in [6, 6.07) is 11.4. The summed E-state index contributed by atoms with van der Waals surface area (Å²) < 4.78 is 0. The smallest absolute Gasteiger partial charge is 0.0499 e. The monoisotopic (exact) mass is 273 g/mol. The second-order valence-corrected chi connectivity index (χ2v) is 6.45. The van der Waals surface area contributed by atoms with E-state index in [0.29, 0.717) is 6.04 Å². The molecule has 2 aliphatic heterocycles. The summed E-state index contributed by atoms with van der Waals surface area (Å²) in [5.41, 5.74) is 7.83. The van der Waals surface area contributed by atoms with E-state index in [2.05, 4.69) is 47.2 Å². The van der Waals surface area contributed by atoms with Crippen LogP contribution in [0.1, 0.15) is 31.2 Å². The lowest BCUT2D eigenvalue weighted by molar-refractivity contribution is 0.0512. The average molecular weight is 273 g/mol. The lowest BCUT2D eigenvalue weighted by Crippen LogP contribution is -2.60. The second kappa shape index (κ2) is 5.84. The van der Waals surface area contributed by atoms with E-state index in [1.54, 1.807) is 0 Å². The van der Waals surface area contributed by atoms with Gasteiger partial charge in [0.15, 0.2) is 0 Å². The van der Waals surface area contributed by atoms with Crippen molar-refractivity contribution in [3.8, 4) is 0 Å². The third-order valence-electron chi connectivity index (χ3n) is 5.44. The van der Waals surface area contributed by atoms with E-state index < -0.39 is 0 Å². The average Bonchev–Trinajstić information content (AvgIpc) is 2.88. The summed E-state index contributed by atoms with van der Waals surface area (Å²) >= 11 is 0. The number of benzene rings is 1. The Labute approximate surface area is 122 Å². The molecule has 1 aromatic rings. The molecule has 3 rings (SSSR count). The summed E-state index contributed by atoms with van der Waals surface area (Å²) in [7, 11) is 2.26. The molecule has 0 saturated carbocycles. The van der Waals surface area contributed by atoms with E-state index in [4.69, 9.17) is 5.73 Å². The maximum atomic E-state index is 6.26. The van der Waals surface area contributed by atoms with Gasteiger partial charge >= 0.3 is 0 Å². The van der Waals surface area contributed by atoms with Crippen LogP contribution in [0.3, 0.4) is 0 Å². The third kappa shape index (κ3) is 2.39. The van der Waals surface area contributed by atoms with Crippen LogP contribution in [0.15, 0.2) is 30.3 Å². The summed E-state index contributed by atoms with van der Waals surface area (Å²) in [5.74, 6) is 0. The van der Waals surface area contributed by atoms with E-state index >= 15 is 0 Å². The Morgan fingerprint density at radius 3 is 2.80 bits per heavy atom. The van der Waals surface area contributed by atoms with Crippen LogP contribution < -0.4 is 5.73 Å². The van der Waals surface area contributed by atoms with Gasteiger partial charge in [-0.05, 0) is 38.4 Å². The van der Waals surface area contributed by atoms with Crippen LogP contribution in [0.2, 0.25) is 0 Å². The molecule has 0 amide bonds. The minimum Gasteiger partial charge on any atom is -0.329 e. The largest absolute Gasteiger partial charge is 0.329 e. The quantitative estimate of drug-likeness (QED) is 0.911. The van der Waals surface area contributed by atoms with Crippen molar-refractivity contribution in [1.82, 2.24) is 9.80 Å². The van der Waals surface area contributed by atoms with Crippen molar-refractivity contribution in [3.63, 3.8) is 0 Å². The maximum Gasteiger partial charge on any atom is 0.0499 e. The van der Waals surface area contributed by atoms with Crippen LogP contribution in [-0.4, -0.2) is 48.1 Å². The fourth-order valence-corrected chi connectivity index (χ4v) is 4.22. The van der Waals surface area contributed by atoms with Crippen molar-refractivity contribution >= 4 is 0 Å². The molecule has 0 spiro atoms. The number of hydrogen-bond acceptors (Lipinski definition) is 3. The number of rotatable bonds is 4. The van der Waals surface area contributed by atoms with Crippen molar-refractivity contribution in [1.29, 1.82) is 0 Å². The van der Waals surface area contributed by atoms with E-state index in [9.17, 15) is 0 Å². The molecule has 1 aromatic carbocycles. The molecular weight excluding hydrogens is 246 g/mol. The molecule has 110 valence electrons. The highest BCUT2D eigenvalue weighted by Crippen LogP contribution is 2.38. The van der Waals surface area contributed by atoms with Crippen molar-refractivity contribution in [2.45, 2.75) is 43.8 Å². The zero-order valence-corrected chi connectivity index (χ0v) is 12.6. The first-order valence-electron chi connectivity index (χ1n) is 7.95. The molecule has 0 bridgehead atoms. The van der Waals surface area contributed by atoms with E-state index in [0.717, 1.165) is 13.1 Å². The highest BCUT2D eigenvalue weighted by molar-refractivity contribution is 5.16. The van der Waals surface area contributed by atoms with Crippen LogP contribution in [0, 0.1) is 0 Å².